The van der Waals surface area contributed by atoms with Gasteiger partial charge in [-0.25, -0.2) is 6.61 Å². The Labute approximate surface area is 76.2 Å². The molecule has 1 aliphatic heterocycles. The Kier molecular flexibility index (Phi) is 5.61. The molecule has 0 aliphatic carbocycles. The molecule has 0 bridgehead atoms. The van der Waals surface area contributed by atoms with Crippen LogP contribution in [0.4, 0.5) is 0 Å². The maximum atomic E-state index is 8.66. The van der Waals surface area contributed by atoms with E-state index >= 15 is 0 Å². The molecule has 0 spiro atoms. The summed E-state index contributed by atoms with van der Waals surface area (Å²) in [4.78, 5) is 0. The average molecular weight is 313 g/mol. The van der Waals surface area contributed by atoms with Gasteiger partial charge in [0.1, 0.15) is 0 Å². The molecule has 60 valence electrons. The first-order chi connectivity index (χ1) is 4.33. The van der Waals surface area contributed by atoms with E-state index in [1.54, 1.807) is 6.61 Å². The quantitative estimate of drug-likeness (QED) is 0.731. The number of aliphatic hydroxyl groups excluding tert-OH is 1. The minimum atomic E-state index is 0. The summed E-state index contributed by atoms with van der Waals surface area (Å²) in [7, 11) is 0. The average Bonchev–Trinajstić information content (AvgIpc) is 1.88. The van der Waals surface area contributed by atoms with Crippen molar-refractivity contribution in [3.8, 4) is 0 Å². The summed E-state index contributed by atoms with van der Waals surface area (Å²) in [6.45, 7) is 4.12. The van der Waals surface area contributed by atoms with E-state index < -0.39 is 0 Å². The first kappa shape index (κ1) is 10.6. The molecule has 3 heteroatoms. The summed E-state index contributed by atoms with van der Waals surface area (Å²) >= 11 is 0. The Morgan fingerprint density at radius 1 is 1.70 bits per heavy atom. The second kappa shape index (κ2) is 5.28. The molecule has 1 aliphatic rings. The SMILES string of the molecule is C[C@H]1C[CH-]O[C@H](CO)C1.[W]. The van der Waals surface area contributed by atoms with Crippen LogP contribution in [0.3, 0.4) is 0 Å². The van der Waals surface area contributed by atoms with Crippen LogP contribution in [0.25, 0.3) is 0 Å². The molecule has 0 amide bonds. The second-order valence-electron chi connectivity index (χ2n) is 2.68. The molecule has 0 unspecified atom stereocenters. The number of aliphatic hydroxyl groups is 1. The van der Waals surface area contributed by atoms with Crippen LogP contribution in [-0.2, 0) is 25.8 Å². The van der Waals surface area contributed by atoms with Gasteiger partial charge in [0.15, 0.2) is 0 Å². The number of rotatable bonds is 1. The van der Waals surface area contributed by atoms with Gasteiger partial charge in [0.05, 0.1) is 6.61 Å². The Bertz CT molecular complexity index is 87.7. The molecule has 2 atom stereocenters. The van der Waals surface area contributed by atoms with Crippen LogP contribution in [0.5, 0.6) is 0 Å². The van der Waals surface area contributed by atoms with E-state index in [0.29, 0.717) is 5.92 Å². The summed E-state index contributed by atoms with van der Waals surface area (Å²) < 4.78 is 5.12. The van der Waals surface area contributed by atoms with Crippen molar-refractivity contribution in [3.05, 3.63) is 6.61 Å². The first-order valence-electron chi connectivity index (χ1n) is 3.41. The maximum Gasteiger partial charge on any atom is 0.0664 e. The van der Waals surface area contributed by atoms with E-state index in [2.05, 4.69) is 6.92 Å². The molecular formula is C7H13O2W-. The van der Waals surface area contributed by atoms with E-state index in [9.17, 15) is 0 Å². The molecule has 0 aromatic heterocycles. The monoisotopic (exact) mass is 313 g/mol. The molecule has 0 aromatic rings. The van der Waals surface area contributed by atoms with Crippen LogP contribution in [0.15, 0.2) is 0 Å². The van der Waals surface area contributed by atoms with E-state index in [4.69, 9.17) is 9.84 Å². The Balaban J connectivity index is 0.000000810. The van der Waals surface area contributed by atoms with E-state index in [-0.39, 0.29) is 33.8 Å². The molecule has 2 nitrogen and oxygen atoms in total. The predicted octanol–water partition coefficient (Wildman–Crippen LogP) is 0.953. The minimum absolute atomic E-state index is 0. The van der Waals surface area contributed by atoms with Crippen LogP contribution in [0, 0.1) is 12.5 Å². The summed E-state index contributed by atoms with van der Waals surface area (Å²) in [5.74, 6) is 0.677. The summed E-state index contributed by atoms with van der Waals surface area (Å²) in [6, 6.07) is 0. The second-order valence-corrected chi connectivity index (χ2v) is 2.68. The largest absolute Gasteiger partial charge is 0.548 e. The Hall–Kier alpha value is 0.608. The zero-order chi connectivity index (χ0) is 6.69. The Morgan fingerprint density at radius 2 is 2.40 bits per heavy atom. The van der Waals surface area contributed by atoms with Crippen LogP contribution < -0.4 is 0 Å². The van der Waals surface area contributed by atoms with Crippen molar-refractivity contribution in [2.24, 2.45) is 5.92 Å². The van der Waals surface area contributed by atoms with Gasteiger partial charge in [-0.1, -0.05) is 12.8 Å². The van der Waals surface area contributed by atoms with Gasteiger partial charge >= 0.3 is 0 Å². The van der Waals surface area contributed by atoms with Crippen molar-refractivity contribution in [1.82, 2.24) is 0 Å². The third-order valence-electron chi connectivity index (χ3n) is 1.66. The fourth-order valence-electron chi connectivity index (χ4n) is 1.07. The van der Waals surface area contributed by atoms with E-state index in [1.165, 1.54) is 0 Å². The Morgan fingerprint density at radius 3 is 2.80 bits per heavy atom. The molecule has 0 saturated carbocycles. The van der Waals surface area contributed by atoms with Gasteiger partial charge in [0, 0.05) is 27.2 Å². The zero-order valence-corrected chi connectivity index (χ0v) is 9.05. The third-order valence-corrected chi connectivity index (χ3v) is 1.66. The van der Waals surface area contributed by atoms with Crippen LogP contribution in [-0.4, -0.2) is 17.8 Å². The summed E-state index contributed by atoms with van der Waals surface area (Å²) in [5, 5.41) is 8.66. The third kappa shape index (κ3) is 3.13. The molecular weight excluding hydrogens is 300 g/mol. The fraction of sp³-hybridized carbons (Fsp3) is 0.857. The van der Waals surface area contributed by atoms with E-state index in [0.717, 1.165) is 12.8 Å². The zero-order valence-electron chi connectivity index (χ0n) is 6.12. The van der Waals surface area contributed by atoms with Gasteiger partial charge in [-0.15, -0.1) is 0 Å². The van der Waals surface area contributed by atoms with Crippen LogP contribution >= 0.6 is 0 Å². The molecule has 10 heavy (non-hydrogen) atoms. The normalized spacial score (nSPS) is 33.0. The van der Waals surface area contributed by atoms with Crippen molar-refractivity contribution in [3.63, 3.8) is 0 Å². The van der Waals surface area contributed by atoms with Gasteiger partial charge in [-0.3, -0.25) is 0 Å². The molecule has 0 radical (unpaired) electrons. The van der Waals surface area contributed by atoms with Gasteiger partial charge < -0.3 is 9.84 Å². The van der Waals surface area contributed by atoms with Crippen molar-refractivity contribution in [1.29, 1.82) is 0 Å². The maximum absolute atomic E-state index is 8.66. The van der Waals surface area contributed by atoms with Crippen molar-refractivity contribution >= 4 is 0 Å². The summed E-state index contributed by atoms with van der Waals surface area (Å²) in [5.41, 5.74) is 0. The topological polar surface area (TPSA) is 29.5 Å². The molecule has 1 fully saturated rings. The van der Waals surface area contributed by atoms with Crippen molar-refractivity contribution in [2.45, 2.75) is 25.9 Å². The smallest absolute Gasteiger partial charge is 0.0664 e. The first-order valence-corrected chi connectivity index (χ1v) is 3.41. The molecule has 0 aromatic carbocycles. The van der Waals surface area contributed by atoms with Gasteiger partial charge in [0.2, 0.25) is 0 Å². The summed E-state index contributed by atoms with van der Waals surface area (Å²) in [6.07, 6.45) is 2.08. The van der Waals surface area contributed by atoms with Gasteiger partial charge in [-0.2, -0.15) is 6.42 Å². The van der Waals surface area contributed by atoms with Crippen molar-refractivity contribution in [2.75, 3.05) is 6.61 Å². The fourth-order valence-corrected chi connectivity index (χ4v) is 1.07. The number of ether oxygens (including phenoxy) is 1. The number of hydrogen-bond donors (Lipinski definition) is 1. The molecule has 1 rings (SSSR count). The van der Waals surface area contributed by atoms with Gasteiger partial charge in [0.25, 0.3) is 0 Å². The van der Waals surface area contributed by atoms with Gasteiger partial charge in [-0.05, 0) is 6.42 Å². The number of hydrogen-bond acceptors (Lipinski definition) is 2. The predicted molar refractivity (Wildman–Crippen MR) is 34.7 cm³/mol. The van der Waals surface area contributed by atoms with Crippen LogP contribution in [0.1, 0.15) is 19.8 Å². The van der Waals surface area contributed by atoms with Crippen molar-refractivity contribution < 1.29 is 30.9 Å². The molecule has 1 saturated heterocycles. The van der Waals surface area contributed by atoms with E-state index in [1.807, 2.05) is 0 Å². The standard InChI is InChI=1S/C7H13O2.W/c1-6-2-3-9-7(4-6)5-8;/h3,6-8H,2,4-5H2,1H3;/q-1;/t6-,7-;/m0./s1. The minimum Gasteiger partial charge on any atom is -0.548 e. The molecule has 1 N–H and O–H groups in total. The molecule has 1 heterocycles. The van der Waals surface area contributed by atoms with Crippen LogP contribution in [0.2, 0.25) is 0 Å².